The SMILES string of the molecule is Cc1nc2c3ccccc3nn2c(C)c1CCC(=O)OCC(=O)NC1CCCCC1C. The molecule has 3 aromatic rings. The van der Waals surface area contributed by atoms with Gasteiger partial charge in [-0.25, -0.2) is 9.50 Å². The maximum Gasteiger partial charge on any atom is 0.306 e. The summed E-state index contributed by atoms with van der Waals surface area (Å²) in [5.74, 6) is -0.122. The second-order valence-corrected chi connectivity index (χ2v) is 8.61. The molecule has 1 fully saturated rings. The van der Waals surface area contributed by atoms with Crippen molar-refractivity contribution in [2.45, 2.75) is 65.3 Å². The zero-order chi connectivity index (χ0) is 22.0. The first-order valence-corrected chi connectivity index (χ1v) is 11.1. The molecule has 0 saturated heterocycles. The molecule has 164 valence electrons. The average molecular weight is 423 g/mol. The highest BCUT2D eigenvalue weighted by Gasteiger charge is 2.23. The van der Waals surface area contributed by atoms with Gasteiger partial charge in [0.2, 0.25) is 0 Å². The van der Waals surface area contributed by atoms with Gasteiger partial charge in [0.1, 0.15) is 0 Å². The van der Waals surface area contributed by atoms with Crippen LogP contribution in [-0.2, 0) is 20.7 Å². The number of aryl methyl sites for hydroxylation is 2. The van der Waals surface area contributed by atoms with Crippen molar-refractivity contribution in [1.82, 2.24) is 19.9 Å². The zero-order valence-corrected chi connectivity index (χ0v) is 18.5. The third kappa shape index (κ3) is 4.55. The summed E-state index contributed by atoms with van der Waals surface area (Å²) in [5.41, 5.74) is 4.55. The molecule has 1 saturated carbocycles. The zero-order valence-electron chi connectivity index (χ0n) is 18.5. The summed E-state index contributed by atoms with van der Waals surface area (Å²) in [6, 6.07) is 8.10. The third-order valence-corrected chi connectivity index (χ3v) is 6.42. The number of nitrogens with one attached hydrogen (secondary N) is 1. The van der Waals surface area contributed by atoms with Crippen LogP contribution in [0.2, 0.25) is 0 Å². The van der Waals surface area contributed by atoms with E-state index in [0.29, 0.717) is 12.3 Å². The van der Waals surface area contributed by atoms with E-state index in [-0.39, 0.29) is 30.9 Å². The number of hydrogen-bond donors (Lipinski definition) is 1. The molecule has 0 bridgehead atoms. The molecule has 0 aliphatic heterocycles. The first-order chi connectivity index (χ1) is 14.9. The normalized spacial score (nSPS) is 18.9. The number of rotatable bonds is 6. The Morgan fingerprint density at radius 2 is 1.97 bits per heavy atom. The predicted octanol–water partition coefficient (Wildman–Crippen LogP) is 3.67. The lowest BCUT2D eigenvalue weighted by Gasteiger charge is -2.29. The van der Waals surface area contributed by atoms with Gasteiger partial charge in [0.05, 0.1) is 5.52 Å². The molecule has 4 rings (SSSR count). The fraction of sp³-hybridized carbons (Fsp3) is 0.500. The van der Waals surface area contributed by atoms with Crippen molar-refractivity contribution in [1.29, 1.82) is 0 Å². The Balaban J connectivity index is 1.35. The van der Waals surface area contributed by atoms with Crippen molar-refractivity contribution >= 4 is 28.4 Å². The Bertz CT molecular complexity index is 1120. The Labute approximate surface area is 182 Å². The lowest BCUT2D eigenvalue weighted by Crippen LogP contribution is -2.42. The fourth-order valence-corrected chi connectivity index (χ4v) is 4.56. The summed E-state index contributed by atoms with van der Waals surface area (Å²) in [6.07, 6.45) is 5.18. The topological polar surface area (TPSA) is 85.6 Å². The molecule has 1 aliphatic rings. The van der Waals surface area contributed by atoms with Gasteiger partial charge < -0.3 is 10.1 Å². The number of aromatic nitrogens is 3. The standard InChI is InChI=1S/C24H30N4O3/c1-15-8-4-6-10-20(15)26-22(29)14-31-23(30)13-12-18-16(2)25-24-19-9-5-7-11-21(19)27-28(24)17(18)3/h5,7,9,11,15,20H,4,6,8,10,12-14H2,1-3H3,(H,26,29). The molecule has 7 heteroatoms. The van der Waals surface area contributed by atoms with E-state index in [1.807, 2.05) is 42.6 Å². The lowest BCUT2D eigenvalue weighted by molar-refractivity contribution is -0.148. The highest BCUT2D eigenvalue weighted by molar-refractivity contribution is 5.92. The molecule has 2 aromatic heterocycles. The molecule has 2 unspecified atom stereocenters. The van der Waals surface area contributed by atoms with Gasteiger partial charge in [-0.2, -0.15) is 5.10 Å². The number of carbonyl (C=O) groups is 2. The van der Waals surface area contributed by atoms with Crippen LogP contribution >= 0.6 is 0 Å². The fourth-order valence-electron chi connectivity index (χ4n) is 4.56. The minimum Gasteiger partial charge on any atom is -0.456 e. The maximum atomic E-state index is 12.3. The van der Waals surface area contributed by atoms with Gasteiger partial charge in [-0.1, -0.05) is 31.9 Å². The van der Waals surface area contributed by atoms with E-state index in [0.717, 1.165) is 52.8 Å². The van der Waals surface area contributed by atoms with Crippen molar-refractivity contribution in [3.05, 3.63) is 41.2 Å². The Kier molecular flexibility index (Phi) is 6.20. The van der Waals surface area contributed by atoms with Crippen LogP contribution in [0.5, 0.6) is 0 Å². The van der Waals surface area contributed by atoms with Crippen LogP contribution in [0.15, 0.2) is 24.3 Å². The van der Waals surface area contributed by atoms with E-state index in [1.165, 1.54) is 6.42 Å². The van der Waals surface area contributed by atoms with Crippen molar-refractivity contribution in [2.24, 2.45) is 5.92 Å². The van der Waals surface area contributed by atoms with E-state index in [1.54, 1.807) is 0 Å². The number of benzene rings is 1. The molecule has 1 N–H and O–H groups in total. The largest absolute Gasteiger partial charge is 0.456 e. The van der Waals surface area contributed by atoms with Crippen molar-refractivity contribution < 1.29 is 14.3 Å². The van der Waals surface area contributed by atoms with Crippen LogP contribution in [0.1, 0.15) is 56.0 Å². The number of carbonyl (C=O) groups excluding carboxylic acids is 2. The Morgan fingerprint density at radius 1 is 1.19 bits per heavy atom. The van der Waals surface area contributed by atoms with E-state index in [2.05, 4.69) is 17.3 Å². The molecule has 2 heterocycles. The number of amides is 1. The summed E-state index contributed by atoms with van der Waals surface area (Å²) in [7, 11) is 0. The van der Waals surface area contributed by atoms with Crippen molar-refractivity contribution in [2.75, 3.05) is 6.61 Å². The minimum absolute atomic E-state index is 0.188. The van der Waals surface area contributed by atoms with Gasteiger partial charge in [0.25, 0.3) is 5.91 Å². The van der Waals surface area contributed by atoms with Crippen LogP contribution in [0.25, 0.3) is 16.6 Å². The molecule has 1 aromatic carbocycles. The second-order valence-electron chi connectivity index (χ2n) is 8.61. The quantitative estimate of drug-likeness (QED) is 0.613. The second kappa shape index (κ2) is 9.04. The van der Waals surface area contributed by atoms with Gasteiger partial charge >= 0.3 is 5.97 Å². The summed E-state index contributed by atoms with van der Waals surface area (Å²) >= 11 is 0. The van der Waals surface area contributed by atoms with Crippen LogP contribution in [0.3, 0.4) is 0 Å². The monoisotopic (exact) mass is 422 g/mol. The lowest BCUT2D eigenvalue weighted by atomic mass is 9.86. The smallest absolute Gasteiger partial charge is 0.306 e. The van der Waals surface area contributed by atoms with Gasteiger partial charge in [-0.3, -0.25) is 9.59 Å². The van der Waals surface area contributed by atoms with E-state index in [4.69, 9.17) is 9.72 Å². The van der Waals surface area contributed by atoms with E-state index >= 15 is 0 Å². The maximum absolute atomic E-state index is 12.3. The first kappa shape index (κ1) is 21.3. The van der Waals surface area contributed by atoms with Crippen molar-refractivity contribution in [3.63, 3.8) is 0 Å². The Hall–Kier alpha value is -2.96. The van der Waals surface area contributed by atoms with Crippen LogP contribution in [0.4, 0.5) is 0 Å². The van der Waals surface area contributed by atoms with E-state index in [9.17, 15) is 9.59 Å². The molecule has 7 nitrogen and oxygen atoms in total. The van der Waals surface area contributed by atoms with E-state index < -0.39 is 0 Å². The molecule has 0 spiro atoms. The summed E-state index contributed by atoms with van der Waals surface area (Å²) < 4.78 is 7.07. The van der Waals surface area contributed by atoms with Crippen LogP contribution < -0.4 is 5.32 Å². The highest BCUT2D eigenvalue weighted by atomic mass is 16.5. The predicted molar refractivity (Wildman–Crippen MR) is 119 cm³/mol. The number of nitrogens with zero attached hydrogens (tertiary/aromatic N) is 3. The van der Waals surface area contributed by atoms with Crippen LogP contribution in [0, 0.1) is 19.8 Å². The molecule has 0 radical (unpaired) electrons. The number of ether oxygens (including phenoxy) is 1. The first-order valence-electron chi connectivity index (χ1n) is 11.1. The van der Waals surface area contributed by atoms with Crippen LogP contribution in [-0.4, -0.2) is 39.1 Å². The molecule has 1 amide bonds. The number of esters is 1. The van der Waals surface area contributed by atoms with Crippen molar-refractivity contribution in [3.8, 4) is 0 Å². The van der Waals surface area contributed by atoms with Gasteiger partial charge in [-0.15, -0.1) is 0 Å². The molecular formula is C24H30N4O3. The summed E-state index contributed by atoms with van der Waals surface area (Å²) in [6.45, 7) is 5.89. The number of fused-ring (bicyclic) bond motifs is 3. The number of hydrogen-bond acceptors (Lipinski definition) is 5. The molecule has 2 atom stereocenters. The summed E-state index contributed by atoms with van der Waals surface area (Å²) in [5, 5.41) is 8.67. The third-order valence-electron chi connectivity index (χ3n) is 6.42. The Morgan fingerprint density at radius 3 is 2.77 bits per heavy atom. The van der Waals surface area contributed by atoms with Gasteiger partial charge in [0, 0.05) is 29.2 Å². The molecule has 1 aliphatic carbocycles. The van der Waals surface area contributed by atoms with Gasteiger partial charge in [-0.05, 0) is 56.7 Å². The highest BCUT2D eigenvalue weighted by Crippen LogP contribution is 2.24. The van der Waals surface area contributed by atoms with Gasteiger partial charge in [0.15, 0.2) is 12.3 Å². The molecule has 31 heavy (non-hydrogen) atoms. The summed E-state index contributed by atoms with van der Waals surface area (Å²) in [4.78, 5) is 29.2. The average Bonchev–Trinajstić information content (AvgIpc) is 3.12. The minimum atomic E-state index is -0.378. The molecular weight excluding hydrogens is 392 g/mol.